The van der Waals surface area contributed by atoms with Crippen LogP contribution in [-0.4, -0.2) is 5.97 Å². The molecule has 0 spiro atoms. The van der Waals surface area contributed by atoms with Gasteiger partial charge < -0.3 is 4.74 Å². The average Bonchev–Trinajstić information content (AvgIpc) is 2.63. The van der Waals surface area contributed by atoms with Crippen molar-refractivity contribution in [1.82, 2.24) is 0 Å². The van der Waals surface area contributed by atoms with Crippen molar-refractivity contribution in [3.63, 3.8) is 0 Å². The van der Waals surface area contributed by atoms with Gasteiger partial charge >= 0.3 is 5.97 Å². The van der Waals surface area contributed by atoms with E-state index < -0.39 is 0 Å². The Balaban J connectivity index is 1.64. The van der Waals surface area contributed by atoms with Crippen molar-refractivity contribution in [3.05, 3.63) is 95.1 Å². The second-order valence-electron chi connectivity index (χ2n) is 5.94. The first-order valence-electron chi connectivity index (χ1n) is 8.02. The van der Waals surface area contributed by atoms with E-state index in [-0.39, 0.29) is 12.6 Å². The second-order valence-corrected chi connectivity index (χ2v) is 5.94. The monoisotopic (exact) mass is 316 g/mol. The van der Waals surface area contributed by atoms with Crippen molar-refractivity contribution in [3.8, 4) is 11.1 Å². The Labute approximate surface area is 142 Å². The molecular weight excluding hydrogens is 296 g/mol. The van der Waals surface area contributed by atoms with Gasteiger partial charge in [0.15, 0.2) is 0 Å². The molecular formula is C22H20O2. The van der Waals surface area contributed by atoms with E-state index in [0.717, 1.165) is 16.7 Å². The van der Waals surface area contributed by atoms with E-state index in [4.69, 9.17) is 4.74 Å². The first-order valence-corrected chi connectivity index (χ1v) is 8.02. The van der Waals surface area contributed by atoms with Crippen molar-refractivity contribution in [2.75, 3.05) is 0 Å². The van der Waals surface area contributed by atoms with Gasteiger partial charge in [0.05, 0.1) is 5.56 Å². The SMILES string of the molecule is Cc1ccc(C(=O)OCc2ccc(-c3ccccc3)cc2)cc1C. The van der Waals surface area contributed by atoms with Crippen LogP contribution in [0.4, 0.5) is 0 Å². The van der Waals surface area contributed by atoms with E-state index in [1.54, 1.807) is 0 Å². The molecule has 0 saturated heterocycles. The molecule has 0 amide bonds. The van der Waals surface area contributed by atoms with E-state index in [2.05, 4.69) is 24.3 Å². The summed E-state index contributed by atoms with van der Waals surface area (Å²) in [6.07, 6.45) is 0. The summed E-state index contributed by atoms with van der Waals surface area (Å²) < 4.78 is 5.42. The lowest BCUT2D eigenvalue weighted by Crippen LogP contribution is -2.05. The maximum absolute atomic E-state index is 12.1. The molecule has 0 N–H and O–H groups in total. The fraction of sp³-hybridized carbons (Fsp3) is 0.136. The van der Waals surface area contributed by atoms with Gasteiger partial charge in [-0.3, -0.25) is 0 Å². The summed E-state index contributed by atoms with van der Waals surface area (Å²) in [5.41, 5.74) is 6.17. The second kappa shape index (κ2) is 7.14. The Bertz CT molecular complexity index is 834. The van der Waals surface area contributed by atoms with Gasteiger partial charge in [-0.1, -0.05) is 60.7 Å². The maximum Gasteiger partial charge on any atom is 0.338 e. The third-order valence-electron chi connectivity index (χ3n) is 4.17. The topological polar surface area (TPSA) is 26.3 Å². The number of rotatable bonds is 4. The summed E-state index contributed by atoms with van der Waals surface area (Å²) in [5, 5.41) is 0. The van der Waals surface area contributed by atoms with Crippen LogP contribution in [0.1, 0.15) is 27.0 Å². The summed E-state index contributed by atoms with van der Waals surface area (Å²) in [5.74, 6) is -0.287. The van der Waals surface area contributed by atoms with Crippen LogP contribution in [0.3, 0.4) is 0 Å². The quantitative estimate of drug-likeness (QED) is 0.608. The molecule has 0 unspecified atom stereocenters. The molecule has 2 nitrogen and oxygen atoms in total. The zero-order chi connectivity index (χ0) is 16.9. The lowest BCUT2D eigenvalue weighted by Gasteiger charge is -2.08. The minimum absolute atomic E-state index is 0.279. The normalized spacial score (nSPS) is 10.4. The molecule has 0 aliphatic carbocycles. The Morgan fingerprint density at radius 1 is 0.792 bits per heavy atom. The van der Waals surface area contributed by atoms with Crippen LogP contribution in [0.5, 0.6) is 0 Å². The van der Waals surface area contributed by atoms with E-state index in [9.17, 15) is 4.79 Å². The first kappa shape index (κ1) is 16.0. The Hall–Kier alpha value is -2.87. The van der Waals surface area contributed by atoms with Gasteiger partial charge in [-0.05, 0) is 53.8 Å². The Morgan fingerprint density at radius 3 is 2.12 bits per heavy atom. The molecule has 0 bridgehead atoms. The van der Waals surface area contributed by atoms with Gasteiger partial charge in [-0.2, -0.15) is 0 Å². The van der Waals surface area contributed by atoms with Crippen LogP contribution in [-0.2, 0) is 11.3 Å². The fourth-order valence-corrected chi connectivity index (χ4v) is 2.52. The van der Waals surface area contributed by atoms with Gasteiger partial charge in [0, 0.05) is 0 Å². The number of hydrogen-bond donors (Lipinski definition) is 0. The highest BCUT2D eigenvalue weighted by molar-refractivity contribution is 5.89. The Kier molecular flexibility index (Phi) is 4.76. The molecule has 3 aromatic carbocycles. The number of carbonyl (C=O) groups is 1. The van der Waals surface area contributed by atoms with E-state index >= 15 is 0 Å². The third kappa shape index (κ3) is 3.72. The Morgan fingerprint density at radius 2 is 1.46 bits per heavy atom. The van der Waals surface area contributed by atoms with Gasteiger partial charge in [-0.15, -0.1) is 0 Å². The van der Waals surface area contributed by atoms with Crippen molar-refractivity contribution in [1.29, 1.82) is 0 Å². The van der Waals surface area contributed by atoms with E-state index in [1.165, 1.54) is 11.1 Å². The molecule has 24 heavy (non-hydrogen) atoms. The molecule has 3 rings (SSSR count). The zero-order valence-corrected chi connectivity index (χ0v) is 14.0. The predicted molar refractivity (Wildman–Crippen MR) is 96.9 cm³/mol. The van der Waals surface area contributed by atoms with E-state index in [0.29, 0.717) is 5.56 Å². The molecule has 120 valence electrons. The van der Waals surface area contributed by atoms with Crippen LogP contribution in [0, 0.1) is 13.8 Å². The summed E-state index contributed by atoms with van der Waals surface area (Å²) in [4.78, 5) is 12.1. The van der Waals surface area contributed by atoms with Crippen molar-refractivity contribution < 1.29 is 9.53 Å². The lowest BCUT2D eigenvalue weighted by atomic mass is 10.0. The van der Waals surface area contributed by atoms with Crippen LogP contribution in [0.15, 0.2) is 72.8 Å². The van der Waals surface area contributed by atoms with Gasteiger partial charge in [0.1, 0.15) is 6.61 Å². The first-order chi connectivity index (χ1) is 11.6. The molecule has 0 heterocycles. The predicted octanol–water partition coefficient (Wildman–Crippen LogP) is 5.33. The van der Waals surface area contributed by atoms with Crippen LogP contribution < -0.4 is 0 Å². The molecule has 0 aliphatic rings. The third-order valence-corrected chi connectivity index (χ3v) is 4.17. The summed E-state index contributed by atoms with van der Waals surface area (Å²) >= 11 is 0. The molecule has 0 fully saturated rings. The average molecular weight is 316 g/mol. The number of aryl methyl sites for hydroxylation is 2. The van der Waals surface area contributed by atoms with Gasteiger partial charge in [0.2, 0.25) is 0 Å². The van der Waals surface area contributed by atoms with Crippen molar-refractivity contribution in [2.45, 2.75) is 20.5 Å². The highest BCUT2D eigenvalue weighted by atomic mass is 16.5. The van der Waals surface area contributed by atoms with Crippen molar-refractivity contribution in [2.24, 2.45) is 0 Å². The summed E-state index contributed by atoms with van der Waals surface area (Å²) in [6.45, 7) is 4.30. The molecule has 0 radical (unpaired) electrons. The molecule has 2 heteroatoms. The van der Waals surface area contributed by atoms with Gasteiger partial charge in [-0.25, -0.2) is 4.79 Å². The largest absolute Gasteiger partial charge is 0.457 e. The van der Waals surface area contributed by atoms with E-state index in [1.807, 2.05) is 62.4 Å². The zero-order valence-electron chi connectivity index (χ0n) is 14.0. The highest BCUT2D eigenvalue weighted by Gasteiger charge is 2.08. The smallest absolute Gasteiger partial charge is 0.338 e. The number of hydrogen-bond acceptors (Lipinski definition) is 2. The summed E-state index contributed by atoms with van der Waals surface area (Å²) in [6, 6.07) is 23.9. The van der Waals surface area contributed by atoms with Crippen LogP contribution in [0.2, 0.25) is 0 Å². The minimum Gasteiger partial charge on any atom is -0.457 e. The number of carbonyl (C=O) groups excluding carboxylic acids is 1. The molecule has 0 saturated carbocycles. The summed E-state index contributed by atoms with van der Waals surface area (Å²) in [7, 11) is 0. The van der Waals surface area contributed by atoms with Crippen LogP contribution in [0.25, 0.3) is 11.1 Å². The molecule has 0 atom stereocenters. The molecule has 3 aromatic rings. The standard InChI is InChI=1S/C22H20O2/c1-16-8-11-21(14-17(16)2)22(23)24-15-18-9-12-20(13-10-18)19-6-4-3-5-7-19/h3-14H,15H2,1-2H3. The molecule has 0 aliphatic heterocycles. The number of benzene rings is 3. The molecule has 0 aromatic heterocycles. The maximum atomic E-state index is 12.1. The fourth-order valence-electron chi connectivity index (χ4n) is 2.52. The van der Waals surface area contributed by atoms with Gasteiger partial charge in [0.25, 0.3) is 0 Å². The van der Waals surface area contributed by atoms with Crippen molar-refractivity contribution >= 4 is 5.97 Å². The number of ether oxygens (including phenoxy) is 1. The van der Waals surface area contributed by atoms with Crippen LogP contribution >= 0.6 is 0 Å². The lowest BCUT2D eigenvalue weighted by molar-refractivity contribution is 0.0472. The highest BCUT2D eigenvalue weighted by Crippen LogP contribution is 2.19. The minimum atomic E-state index is -0.287. The number of esters is 1.